The summed E-state index contributed by atoms with van der Waals surface area (Å²) in [7, 11) is 0. The Morgan fingerprint density at radius 3 is 2.08 bits per heavy atom. The fourth-order valence-corrected chi connectivity index (χ4v) is 1.30. The predicted molar refractivity (Wildman–Crippen MR) is 56.8 cm³/mol. The lowest BCUT2D eigenvalue weighted by molar-refractivity contribution is -0.122. The summed E-state index contributed by atoms with van der Waals surface area (Å²) in [5.41, 5.74) is 0. The number of nitrogens with one attached hydrogen (secondary N) is 1. The zero-order valence-corrected chi connectivity index (χ0v) is 9.55. The Bertz CT molecular complexity index is 152. The molecule has 78 valence electrons. The maximum atomic E-state index is 11.3. The Balaban J connectivity index is 3.58. The number of ketones is 1. The van der Waals surface area contributed by atoms with E-state index in [-0.39, 0.29) is 5.92 Å². The van der Waals surface area contributed by atoms with E-state index in [1.165, 1.54) is 0 Å². The van der Waals surface area contributed by atoms with E-state index < -0.39 is 0 Å². The van der Waals surface area contributed by atoms with Crippen LogP contribution in [0.25, 0.3) is 0 Å². The highest BCUT2D eigenvalue weighted by Gasteiger charge is 2.10. The van der Waals surface area contributed by atoms with Crippen molar-refractivity contribution in [3.05, 3.63) is 0 Å². The smallest absolute Gasteiger partial charge is 0.135 e. The van der Waals surface area contributed by atoms with Crippen molar-refractivity contribution in [2.75, 3.05) is 0 Å². The molecule has 0 heterocycles. The lowest BCUT2D eigenvalue weighted by atomic mass is 10.0. The van der Waals surface area contributed by atoms with Gasteiger partial charge in [0.05, 0.1) is 0 Å². The fourth-order valence-electron chi connectivity index (χ4n) is 1.30. The molecule has 2 nitrogen and oxygen atoms in total. The number of carbonyl (C=O) groups is 1. The van der Waals surface area contributed by atoms with E-state index in [1.807, 2.05) is 13.8 Å². The molecule has 1 atom stereocenters. The van der Waals surface area contributed by atoms with Crippen molar-refractivity contribution in [3.8, 4) is 0 Å². The van der Waals surface area contributed by atoms with Crippen LogP contribution in [0.1, 0.15) is 47.5 Å². The van der Waals surface area contributed by atoms with Crippen molar-refractivity contribution < 1.29 is 4.79 Å². The largest absolute Gasteiger partial charge is 0.312 e. The van der Waals surface area contributed by atoms with E-state index in [1.54, 1.807) is 0 Å². The van der Waals surface area contributed by atoms with Crippen LogP contribution in [0.5, 0.6) is 0 Å². The first-order valence-corrected chi connectivity index (χ1v) is 5.22. The molecular formula is C11H23NO. The van der Waals surface area contributed by atoms with Crippen molar-refractivity contribution >= 4 is 5.78 Å². The van der Waals surface area contributed by atoms with Crippen molar-refractivity contribution in [1.82, 2.24) is 5.32 Å². The maximum absolute atomic E-state index is 11.3. The molecule has 0 aliphatic rings. The number of Topliss-reactive ketones (excluding diaryl/α,β-unsaturated/α-hetero) is 1. The van der Waals surface area contributed by atoms with Gasteiger partial charge in [-0.25, -0.2) is 0 Å². The quantitative estimate of drug-likeness (QED) is 0.688. The summed E-state index contributed by atoms with van der Waals surface area (Å²) >= 11 is 0. The highest BCUT2D eigenvalue weighted by molar-refractivity contribution is 5.80. The fraction of sp³-hybridized carbons (Fsp3) is 0.909. The minimum Gasteiger partial charge on any atom is -0.312 e. The summed E-state index contributed by atoms with van der Waals surface area (Å²) in [4.78, 5) is 11.3. The minimum atomic E-state index is 0.186. The molecule has 0 saturated heterocycles. The standard InChI is InChI=1S/C11H23NO/c1-8(2)11(13)7-6-10(5)12-9(3)4/h8-10,12H,6-7H2,1-5H3/t10-/m0/s1. The molecule has 0 aromatic carbocycles. The van der Waals surface area contributed by atoms with Crippen LogP contribution in [-0.2, 0) is 4.79 Å². The molecule has 0 spiro atoms. The molecular weight excluding hydrogens is 162 g/mol. The zero-order chi connectivity index (χ0) is 10.4. The zero-order valence-electron chi connectivity index (χ0n) is 9.55. The second-order valence-electron chi connectivity index (χ2n) is 4.38. The van der Waals surface area contributed by atoms with Gasteiger partial charge in [-0.05, 0) is 13.3 Å². The molecule has 0 radical (unpaired) electrons. The molecule has 0 rings (SSSR count). The van der Waals surface area contributed by atoms with Gasteiger partial charge in [-0.1, -0.05) is 27.7 Å². The molecule has 0 aromatic heterocycles. The summed E-state index contributed by atoms with van der Waals surface area (Å²) in [6.45, 7) is 10.3. The summed E-state index contributed by atoms with van der Waals surface area (Å²) in [5, 5.41) is 3.38. The highest BCUT2D eigenvalue weighted by atomic mass is 16.1. The first-order valence-electron chi connectivity index (χ1n) is 5.22. The Labute approximate surface area is 82.1 Å². The van der Waals surface area contributed by atoms with Gasteiger partial charge >= 0.3 is 0 Å². The average molecular weight is 185 g/mol. The molecule has 0 unspecified atom stereocenters. The number of carbonyl (C=O) groups excluding carboxylic acids is 1. The van der Waals surface area contributed by atoms with Gasteiger partial charge in [-0.15, -0.1) is 0 Å². The minimum absolute atomic E-state index is 0.186. The molecule has 13 heavy (non-hydrogen) atoms. The van der Waals surface area contributed by atoms with Gasteiger partial charge in [0.1, 0.15) is 5.78 Å². The lowest BCUT2D eigenvalue weighted by Gasteiger charge is -2.16. The van der Waals surface area contributed by atoms with Crippen molar-refractivity contribution in [1.29, 1.82) is 0 Å². The number of hydrogen-bond donors (Lipinski definition) is 1. The van der Waals surface area contributed by atoms with Gasteiger partial charge in [0.2, 0.25) is 0 Å². The first kappa shape index (κ1) is 12.6. The van der Waals surface area contributed by atoms with E-state index in [4.69, 9.17) is 0 Å². The van der Waals surface area contributed by atoms with Gasteiger partial charge in [0.25, 0.3) is 0 Å². The van der Waals surface area contributed by atoms with E-state index in [9.17, 15) is 4.79 Å². The molecule has 0 amide bonds. The molecule has 1 N–H and O–H groups in total. The lowest BCUT2D eigenvalue weighted by Crippen LogP contribution is -2.32. The third-order valence-corrected chi connectivity index (χ3v) is 2.09. The molecule has 0 saturated carbocycles. The Kier molecular flexibility index (Phi) is 5.97. The van der Waals surface area contributed by atoms with Crippen LogP contribution in [0.4, 0.5) is 0 Å². The van der Waals surface area contributed by atoms with E-state index in [2.05, 4.69) is 26.1 Å². The van der Waals surface area contributed by atoms with E-state index in [0.717, 1.165) is 6.42 Å². The van der Waals surface area contributed by atoms with Crippen LogP contribution >= 0.6 is 0 Å². The van der Waals surface area contributed by atoms with Gasteiger partial charge in [0, 0.05) is 24.4 Å². The van der Waals surface area contributed by atoms with Gasteiger partial charge < -0.3 is 5.32 Å². The summed E-state index contributed by atoms with van der Waals surface area (Å²) in [5.74, 6) is 0.559. The van der Waals surface area contributed by atoms with Crippen molar-refractivity contribution in [2.24, 2.45) is 5.92 Å². The van der Waals surface area contributed by atoms with Crippen LogP contribution in [0.3, 0.4) is 0 Å². The molecule has 0 aromatic rings. The van der Waals surface area contributed by atoms with Crippen LogP contribution in [0.2, 0.25) is 0 Å². The monoisotopic (exact) mass is 185 g/mol. The Morgan fingerprint density at radius 1 is 1.15 bits per heavy atom. The first-order chi connectivity index (χ1) is 5.93. The number of hydrogen-bond acceptors (Lipinski definition) is 2. The summed E-state index contributed by atoms with van der Waals surface area (Å²) < 4.78 is 0. The third kappa shape index (κ3) is 6.76. The Morgan fingerprint density at radius 2 is 1.69 bits per heavy atom. The topological polar surface area (TPSA) is 29.1 Å². The van der Waals surface area contributed by atoms with E-state index in [0.29, 0.717) is 24.3 Å². The van der Waals surface area contributed by atoms with Crippen molar-refractivity contribution in [2.45, 2.75) is 59.5 Å². The SMILES string of the molecule is CC(C)N[C@@H](C)CCC(=O)C(C)C. The van der Waals surface area contributed by atoms with Crippen LogP contribution in [0.15, 0.2) is 0 Å². The highest BCUT2D eigenvalue weighted by Crippen LogP contribution is 2.04. The van der Waals surface area contributed by atoms with Crippen LogP contribution < -0.4 is 5.32 Å². The van der Waals surface area contributed by atoms with E-state index >= 15 is 0 Å². The summed E-state index contributed by atoms with van der Waals surface area (Å²) in [6.07, 6.45) is 1.66. The molecule has 0 aliphatic carbocycles. The number of rotatable bonds is 6. The molecule has 2 heteroatoms. The maximum Gasteiger partial charge on any atom is 0.135 e. The second kappa shape index (κ2) is 6.14. The Hall–Kier alpha value is -0.370. The van der Waals surface area contributed by atoms with Gasteiger partial charge in [-0.3, -0.25) is 4.79 Å². The molecule has 0 bridgehead atoms. The average Bonchev–Trinajstić information content (AvgIpc) is 1.98. The molecule has 0 fully saturated rings. The predicted octanol–water partition coefficient (Wildman–Crippen LogP) is 2.38. The van der Waals surface area contributed by atoms with Gasteiger partial charge in [-0.2, -0.15) is 0 Å². The summed E-state index contributed by atoms with van der Waals surface area (Å²) in [6, 6.07) is 0.951. The third-order valence-electron chi connectivity index (χ3n) is 2.09. The molecule has 0 aliphatic heterocycles. The van der Waals surface area contributed by atoms with Gasteiger partial charge in [0.15, 0.2) is 0 Å². The van der Waals surface area contributed by atoms with Crippen molar-refractivity contribution in [3.63, 3.8) is 0 Å². The van der Waals surface area contributed by atoms with Crippen LogP contribution in [-0.4, -0.2) is 17.9 Å². The van der Waals surface area contributed by atoms with Crippen LogP contribution in [0, 0.1) is 5.92 Å². The normalized spacial score (nSPS) is 13.8. The second-order valence-corrected chi connectivity index (χ2v) is 4.38.